The second-order valence-corrected chi connectivity index (χ2v) is 9.22. The molecule has 9 heteroatoms. The van der Waals surface area contributed by atoms with Crippen LogP contribution in [0.15, 0.2) is 60.3 Å². The van der Waals surface area contributed by atoms with E-state index in [9.17, 15) is 19.1 Å². The summed E-state index contributed by atoms with van der Waals surface area (Å²) >= 11 is 0. The summed E-state index contributed by atoms with van der Waals surface area (Å²) in [4.78, 5) is 28.1. The molecule has 8 nitrogen and oxygen atoms in total. The molecule has 0 aromatic heterocycles. The highest BCUT2D eigenvalue weighted by molar-refractivity contribution is 6.23. The van der Waals surface area contributed by atoms with Crippen molar-refractivity contribution in [3.05, 3.63) is 82.8 Å². The first-order chi connectivity index (χ1) is 18.1. The summed E-state index contributed by atoms with van der Waals surface area (Å²) in [5, 5.41) is 12.9. The molecule has 2 amide bonds. The van der Waals surface area contributed by atoms with E-state index in [2.05, 4.69) is 5.32 Å². The Bertz CT molecular complexity index is 1450. The van der Waals surface area contributed by atoms with Gasteiger partial charge in [-0.2, -0.15) is 0 Å². The molecule has 1 unspecified atom stereocenters. The fourth-order valence-electron chi connectivity index (χ4n) is 4.69. The molecule has 3 aromatic rings. The van der Waals surface area contributed by atoms with Crippen molar-refractivity contribution in [3.8, 4) is 28.0 Å². The van der Waals surface area contributed by atoms with Gasteiger partial charge >= 0.3 is 0 Å². The first-order valence-electron chi connectivity index (χ1n) is 12.1. The maximum Gasteiger partial charge on any atom is 0.264 e. The predicted molar refractivity (Wildman–Crippen MR) is 144 cm³/mol. The third kappa shape index (κ3) is 4.73. The highest BCUT2D eigenvalue weighted by Crippen LogP contribution is 2.37. The number of amides is 2. The molecule has 38 heavy (non-hydrogen) atoms. The molecular weight excluding hydrogens is 487 g/mol. The van der Waals surface area contributed by atoms with Crippen molar-refractivity contribution < 1.29 is 23.8 Å². The van der Waals surface area contributed by atoms with E-state index in [-0.39, 0.29) is 12.1 Å². The van der Waals surface area contributed by atoms with E-state index in [1.165, 1.54) is 31.3 Å². The van der Waals surface area contributed by atoms with Crippen LogP contribution in [0.3, 0.4) is 0 Å². The van der Waals surface area contributed by atoms with Crippen molar-refractivity contribution in [2.75, 3.05) is 26.5 Å². The number of anilines is 1. The number of benzene rings is 3. The van der Waals surface area contributed by atoms with Crippen LogP contribution >= 0.6 is 0 Å². The fourth-order valence-corrected chi connectivity index (χ4v) is 4.69. The number of rotatable bonds is 6. The van der Waals surface area contributed by atoms with Gasteiger partial charge in [0.2, 0.25) is 6.35 Å². The molecule has 1 atom stereocenters. The van der Waals surface area contributed by atoms with Crippen molar-refractivity contribution in [2.45, 2.75) is 26.7 Å². The minimum absolute atomic E-state index is 0.0294. The molecule has 3 aromatic carbocycles. The maximum absolute atomic E-state index is 14.8. The van der Waals surface area contributed by atoms with Gasteiger partial charge in [0.25, 0.3) is 11.8 Å². The normalized spacial score (nSPS) is 15.4. The molecule has 0 radical (unpaired) electrons. The molecular formula is C29H31FN4O4. The van der Waals surface area contributed by atoms with Gasteiger partial charge in [-0.05, 0) is 65.4 Å². The second-order valence-electron chi connectivity index (χ2n) is 9.22. The average Bonchev–Trinajstić information content (AvgIpc) is 2.90. The standard InChI is InChI=1S/C29H31FN4O4/c1-16-19(18-12-24(30)22(14-31)26(13-18)38-5)8-6-9-20(16)21-10-7-11-25(17(21)2)32-27(35)23-15-33(3)29(37)34(4)28(23)36/h6-13,15,29,37H,14,31H2,1-5H3,(H,32,35). The van der Waals surface area contributed by atoms with E-state index in [0.29, 0.717) is 22.6 Å². The summed E-state index contributed by atoms with van der Waals surface area (Å²) in [6.45, 7) is 3.87. The Morgan fingerprint density at radius 3 is 2.37 bits per heavy atom. The average molecular weight is 519 g/mol. The highest BCUT2D eigenvalue weighted by atomic mass is 19.1. The van der Waals surface area contributed by atoms with Crippen LogP contribution in [0.1, 0.15) is 16.7 Å². The van der Waals surface area contributed by atoms with Gasteiger partial charge in [-0.25, -0.2) is 4.39 Å². The van der Waals surface area contributed by atoms with Gasteiger partial charge < -0.3 is 25.8 Å². The molecule has 1 aliphatic rings. The zero-order chi connectivity index (χ0) is 27.7. The maximum atomic E-state index is 14.8. The molecule has 0 fully saturated rings. The monoisotopic (exact) mass is 518 g/mol. The number of carbonyl (C=O) groups is 2. The highest BCUT2D eigenvalue weighted by Gasteiger charge is 2.32. The molecule has 198 valence electrons. The van der Waals surface area contributed by atoms with E-state index in [1.54, 1.807) is 19.2 Å². The summed E-state index contributed by atoms with van der Waals surface area (Å²) in [5.74, 6) is -1.19. The summed E-state index contributed by atoms with van der Waals surface area (Å²) < 4.78 is 20.2. The third-order valence-electron chi connectivity index (χ3n) is 6.93. The number of nitrogens with two attached hydrogens (primary N) is 1. The topological polar surface area (TPSA) is 108 Å². The lowest BCUT2D eigenvalue weighted by Gasteiger charge is -2.35. The smallest absolute Gasteiger partial charge is 0.264 e. The Kier molecular flexibility index (Phi) is 7.52. The van der Waals surface area contributed by atoms with Crippen LogP contribution in [0.2, 0.25) is 0 Å². The van der Waals surface area contributed by atoms with Gasteiger partial charge in [-0.1, -0.05) is 30.3 Å². The third-order valence-corrected chi connectivity index (χ3v) is 6.93. The molecule has 0 saturated carbocycles. The first kappa shape index (κ1) is 26.8. The number of ether oxygens (including phenoxy) is 1. The fraction of sp³-hybridized carbons (Fsp3) is 0.241. The lowest BCUT2D eigenvalue weighted by Crippen LogP contribution is -2.51. The number of nitrogens with one attached hydrogen (secondary N) is 1. The van der Waals surface area contributed by atoms with Gasteiger partial charge in [-0.15, -0.1) is 0 Å². The van der Waals surface area contributed by atoms with Crippen molar-refractivity contribution in [2.24, 2.45) is 5.73 Å². The van der Waals surface area contributed by atoms with Crippen molar-refractivity contribution >= 4 is 17.5 Å². The number of hydrogen-bond donors (Lipinski definition) is 3. The van der Waals surface area contributed by atoms with Crippen LogP contribution in [-0.2, 0) is 16.1 Å². The van der Waals surface area contributed by atoms with E-state index in [4.69, 9.17) is 10.5 Å². The number of halogens is 1. The van der Waals surface area contributed by atoms with Crippen LogP contribution in [0, 0.1) is 19.7 Å². The molecule has 1 heterocycles. The number of aliphatic hydroxyl groups is 1. The lowest BCUT2D eigenvalue weighted by molar-refractivity contribution is -0.148. The summed E-state index contributed by atoms with van der Waals surface area (Å²) in [6, 6.07) is 14.5. The Balaban J connectivity index is 1.71. The van der Waals surface area contributed by atoms with Crippen LogP contribution < -0.4 is 15.8 Å². The molecule has 0 bridgehead atoms. The van der Waals surface area contributed by atoms with Crippen LogP contribution in [-0.4, -0.2) is 54.3 Å². The zero-order valence-corrected chi connectivity index (χ0v) is 22.0. The van der Waals surface area contributed by atoms with Gasteiger partial charge in [-0.3, -0.25) is 14.5 Å². The van der Waals surface area contributed by atoms with E-state index < -0.39 is 24.0 Å². The van der Waals surface area contributed by atoms with Crippen molar-refractivity contribution in [1.82, 2.24) is 9.80 Å². The van der Waals surface area contributed by atoms with E-state index >= 15 is 0 Å². The molecule has 0 saturated heterocycles. The van der Waals surface area contributed by atoms with Gasteiger partial charge in [0.15, 0.2) is 0 Å². The summed E-state index contributed by atoms with van der Waals surface area (Å²) in [5.41, 5.74) is 11.5. The lowest BCUT2D eigenvalue weighted by atomic mass is 9.90. The Morgan fingerprint density at radius 1 is 1.08 bits per heavy atom. The largest absolute Gasteiger partial charge is 0.496 e. The minimum Gasteiger partial charge on any atom is -0.496 e. The molecule has 4 rings (SSSR count). The Labute approximate surface area is 221 Å². The number of likely N-dealkylation sites (N-methyl/N-ethyl adjacent to an activating group) is 1. The second kappa shape index (κ2) is 10.6. The molecule has 4 N–H and O–H groups in total. The SMILES string of the molecule is COc1cc(-c2cccc(-c3cccc(NC(=O)C4=CN(C)C(O)N(C)C4=O)c3C)c2C)cc(F)c1CN. The van der Waals surface area contributed by atoms with E-state index in [0.717, 1.165) is 32.7 Å². The predicted octanol–water partition coefficient (Wildman–Crippen LogP) is 3.75. The van der Waals surface area contributed by atoms with Crippen molar-refractivity contribution in [3.63, 3.8) is 0 Å². The zero-order valence-electron chi connectivity index (χ0n) is 22.0. The number of nitrogens with zero attached hydrogens (tertiary/aromatic N) is 2. The van der Waals surface area contributed by atoms with Crippen LogP contribution in [0.4, 0.5) is 10.1 Å². The van der Waals surface area contributed by atoms with Crippen molar-refractivity contribution in [1.29, 1.82) is 0 Å². The van der Waals surface area contributed by atoms with Gasteiger partial charge in [0, 0.05) is 38.1 Å². The van der Waals surface area contributed by atoms with Crippen LogP contribution in [0.5, 0.6) is 5.75 Å². The number of aliphatic hydroxyl groups excluding tert-OH is 1. The minimum atomic E-state index is -1.14. The Hall–Kier alpha value is -4.21. The van der Waals surface area contributed by atoms with Gasteiger partial charge in [0.1, 0.15) is 17.1 Å². The number of hydrogen-bond acceptors (Lipinski definition) is 6. The number of methoxy groups -OCH3 is 1. The van der Waals surface area contributed by atoms with Gasteiger partial charge in [0.05, 0.1) is 7.11 Å². The summed E-state index contributed by atoms with van der Waals surface area (Å²) in [6.07, 6.45) is 0.192. The Morgan fingerprint density at radius 2 is 1.71 bits per heavy atom. The molecule has 0 aliphatic carbocycles. The molecule has 0 spiro atoms. The van der Waals surface area contributed by atoms with E-state index in [1.807, 2.05) is 44.2 Å². The first-order valence-corrected chi connectivity index (χ1v) is 12.1. The molecule has 1 aliphatic heterocycles. The number of carbonyl (C=O) groups excluding carboxylic acids is 2. The quantitative estimate of drug-likeness (QED) is 0.429. The summed E-state index contributed by atoms with van der Waals surface area (Å²) in [7, 11) is 4.49. The van der Waals surface area contributed by atoms with Crippen LogP contribution in [0.25, 0.3) is 22.3 Å².